The Kier molecular flexibility index (Phi) is 13.7. The molecule has 15 heteroatoms. The number of carbonyl (C=O) groups is 4. The molecule has 0 amide bonds. The Hall–Kier alpha value is -6.16. The molecule has 0 saturated heterocycles. The SMILES string of the molecule is O=C(O)c1ccc(OCC(CO)(CO)COCC(COc2ccc(C(=O)O)cc2)(COc2ccc(C(=O)O)cc2)COc2ccc(C(=O)O)cc2)cc1. The van der Waals surface area contributed by atoms with Crippen LogP contribution < -0.4 is 18.9 Å². The molecule has 0 spiro atoms. The lowest BCUT2D eigenvalue weighted by molar-refractivity contribution is -0.0926. The first-order valence-corrected chi connectivity index (χ1v) is 16.0. The summed E-state index contributed by atoms with van der Waals surface area (Å²) < 4.78 is 30.2. The molecule has 0 saturated carbocycles. The van der Waals surface area contributed by atoms with E-state index < -0.39 is 47.9 Å². The minimum atomic E-state index is -1.33. The molecule has 0 heterocycles. The summed E-state index contributed by atoms with van der Waals surface area (Å²) in [4.78, 5) is 45.3. The maximum atomic E-state index is 11.4. The first-order chi connectivity index (χ1) is 25.4. The van der Waals surface area contributed by atoms with Crippen LogP contribution in [0.3, 0.4) is 0 Å². The Morgan fingerprint density at radius 2 is 0.604 bits per heavy atom. The highest BCUT2D eigenvalue weighted by molar-refractivity contribution is 5.89. The molecule has 53 heavy (non-hydrogen) atoms. The smallest absolute Gasteiger partial charge is 0.335 e. The summed E-state index contributed by atoms with van der Waals surface area (Å²) in [6.45, 7) is -2.24. The van der Waals surface area contributed by atoms with Gasteiger partial charge in [0.1, 0.15) is 49.4 Å². The van der Waals surface area contributed by atoms with Crippen molar-refractivity contribution in [2.75, 3.05) is 52.9 Å². The fourth-order valence-electron chi connectivity index (χ4n) is 4.73. The van der Waals surface area contributed by atoms with E-state index in [0.29, 0.717) is 23.0 Å². The molecule has 6 N–H and O–H groups in total. The maximum Gasteiger partial charge on any atom is 0.335 e. The molecule has 15 nitrogen and oxygen atoms in total. The predicted octanol–water partition coefficient (Wildman–Crippen LogP) is 4.07. The van der Waals surface area contributed by atoms with Crippen LogP contribution in [0.4, 0.5) is 0 Å². The number of carboxylic acids is 4. The first kappa shape index (κ1) is 39.6. The second-order valence-electron chi connectivity index (χ2n) is 12.3. The number of hydrogen-bond acceptors (Lipinski definition) is 11. The number of carboxylic acid groups (broad SMARTS) is 4. The second kappa shape index (κ2) is 18.4. The van der Waals surface area contributed by atoms with Gasteiger partial charge in [-0.1, -0.05) is 0 Å². The zero-order chi connectivity index (χ0) is 38.4. The zero-order valence-electron chi connectivity index (χ0n) is 28.3. The van der Waals surface area contributed by atoms with Crippen LogP contribution >= 0.6 is 0 Å². The number of aliphatic hydroxyl groups is 2. The van der Waals surface area contributed by atoms with E-state index in [4.69, 9.17) is 28.8 Å². The van der Waals surface area contributed by atoms with E-state index in [1.807, 2.05) is 0 Å². The summed E-state index contributed by atoms with van der Waals surface area (Å²) in [6, 6.07) is 22.6. The van der Waals surface area contributed by atoms with E-state index >= 15 is 0 Å². The topological polar surface area (TPSA) is 236 Å². The molecule has 0 unspecified atom stereocenters. The Morgan fingerprint density at radius 1 is 0.377 bits per heavy atom. The highest BCUT2D eigenvalue weighted by Gasteiger charge is 2.38. The third-order valence-electron chi connectivity index (χ3n) is 8.07. The molecule has 0 aliphatic heterocycles. The number of rotatable bonds is 22. The van der Waals surface area contributed by atoms with Crippen LogP contribution in [0, 0.1) is 10.8 Å². The standard InChI is InChI=1S/C38H38O15/c39-17-37(18-40,21-50-29-9-1-25(2-10-29)33(41)42)19-49-20-38(22-51-30-11-3-26(4-12-30)34(43)44,23-52-31-13-5-27(6-14-31)35(45)46)24-53-32-15-7-28(8-16-32)36(47)48/h1-16,39-40H,17-24H2,(H,41,42)(H,43,44)(H,45,46)(H,47,48). The molecule has 4 rings (SSSR count). The van der Waals surface area contributed by atoms with Crippen molar-refractivity contribution in [3.8, 4) is 23.0 Å². The number of aromatic carboxylic acids is 4. The van der Waals surface area contributed by atoms with Crippen molar-refractivity contribution >= 4 is 23.9 Å². The number of ether oxygens (including phenoxy) is 5. The predicted molar refractivity (Wildman–Crippen MR) is 185 cm³/mol. The van der Waals surface area contributed by atoms with Gasteiger partial charge in [-0.15, -0.1) is 0 Å². The Morgan fingerprint density at radius 3 is 0.830 bits per heavy atom. The van der Waals surface area contributed by atoms with Crippen LogP contribution in [0.5, 0.6) is 23.0 Å². The van der Waals surface area contributed by atoms with Gasteiger partial charge in [-0.3, -0.25) is 0 Å². The van der Waals surface area contributed by atoms with Gasteiger partial charge in [0.25, 0.3) is 0 Å². The van der Waals surface area contributed by atoms with Gasteiger partial charge in [0.15, 0.2) is 0 Å². The van der Waals surface area contributed by atoms with Gasteiger partial charge in [-0.25, -0.2) is 19.2 Å². The Bertz CT molecular complexity index is 1670. The third kappa shape index (κ3) is 11.4. The summed E-state index contributed by atoms with van der Waals surface area (Å²) >= 11 is 0. The molecular weight excluding hydrogens is 696 g/mol. The Balaban J connectivity index is 1.60. The normalized spacial score (nSPS) is 11.4. The van der Waals surface area contributed by atoms with E-state index in [2.05, 4.69) is 0 Å². The van der Waals surface area contributed by atoms with E-state index in [0.717, 1.165) is 0 Å². The summed E-state index contributed by atoms with van der Waals surface area (Å²) in [6.07, 6.45) is 0. The fraction of sp³-hybridized carbons (Fsp3) is 0.263. The van der Waals surface area contributed by atoms with Crippen molar-refractivity contribution in [2.45, 2.75) is 0 Å². The fourth-order valence-corrected chi connectivity index (χ4v) is 4.73. The van der Waals surface area contributed by atoms with Crippen molar-refractivity contribution in [3.63, 3.8) is 0 Å². The molecule has 0 aliphatic carbocycles. The van der Waals surface area contributed by atoms with E-state index in [-0.39, 0.29) is 61.9 Å². The third-order valence-corrected chi connectivity index (χ3v) is 8.07. The number of aliphatic hydroxyl groups excluding tert-OH is 2. The molecule has 4 aromatic carbocycles. The van der Waals surface area contributed by atoms with E-state index in [9.17, 15) is 44.7 Å². The van der Waals surface area contributed by atoms with Gasteiger partial charge in [-0.05, 0) is 97.1 Å². The van der Waals surface area contributed by atoms with Crippen molar-refractivity contribution in [1.82, 2.24) is 0 Å². The molecule has 0 radical (unpaired) electrons. The lowest BCUT2D eigenvalue weighted by atomic mass is 9.90. The summed E-state index contributed by atoms with van der Waals surface area (Å²) in [5.41, 5.74) is -2.36. The van der Waals surface area contributed by atoms with Crippen LogP contribution in [0.25, 0.3) is 0 Å². The highest BCUT2D eigenvalue weighted by Crippen LogP contribution is 2.28. The minimum Gasteiger partial charge on any atom is -0.493 e. The van der Waals surface area contributed by atoms with Crippen molar-refractivity contribution in [2.24, 2.45) is 10.8 Å². The first-order valence-electron chi connectivity index (χ1n) is 16.0. The van der Waals surface area contributed by atoms with Gasteiger partial charge in [0.2, 0.25) is 0 Å². The minimum absolute atomic E-state index is 0.0395. The van der Waals surface area contributed by atoms with E-state index in [1.54, 1.807) is 0 Å². The van der Waals surface area contributed by atoms with Crippen LogP contribution in [-0.4, -0.2) is 107 Å². The summed E-state index contributed by atoms with van der Waals surface area (Å²) in [5.74, 6) is -3.28. The number of hydrogen-bond donors (Lipinski definition) is 6. The van der Waals surface area contributed by atoms with Gasteiger partial charge in [0, 0.05) is 0 Å². The zero-order valence-corrected chi connectivity index (χ0v) is 28.3. The Labute approximate surface area is 303 Å². The largest absolute Gasteiger partial charge is 0.493 e. The van der Waals surface area contributed by atoms with Crippen LogP contribution in [-0.2, 0) is 4.74 Å². The maximum absolute atomic E-state index is 11.4. The molecule has 0 atom stereocenters. The average Bonchev–Trinajstić information content (AvgIpc) is 3.17. The average molecular weight is 735 g/mol. The van der Waals surface area contributed by atoms with Gasteiger partial charge < -0.3 is 54.3 Å². The van der Waals surface area contributed by atoms with Gasteiger partial charge in [-0.2, -0.15) is 0 Å². The molecule has 0 bridgehead atoms. The molecule has 0 aromatic heterocycles. The van der Waals surface area contributed by atoms with Crippen molar-refractivity contribution in [1.29, 1.82) is 0 Å². The molecular formula is C38H38O15. The monoisotopic (exact) mass is 734 g/mol. The lowest BCUT2D eigenvalue weighted by Crippen LogP contribution is -2.47. The lowest BCUT2D eigenvalue weighted by Gasteiger charge is -2.35. The number of benzene rings is 4. The highest BCUT2D eigenvalue weighted by atomic mass is 16.5. The van der Waals surface area contributed by atoms with Crippen LogP contribution in [0.1, 0.15) is 41.4 Å². The summed E-state index contributed by atoms with van der Waals surface area (Å²) in [7, 11) is 0. The molecule has 4 aromatic rings. The van der Waals surface area contributed by atoms with Crippen molar-refractivity contribution < 1.29 is 73.5 Å². The molecule has 0 fully saturated rings. The van der Waals surface area contributed by atoms with Crippen LogP contribution in [0.15, 0.2) is 97.1 Å². The van der Waals surface area contributed by atoms with Gasteiger partial charge >= 0.3 is 23.9 Å². The second-order valence-corrected chi connectivity index (χ2v) is 12.3. The summed E-state index contributed by atoms with van der Waals surface area (Å²) in [5, 5.41) is 57.8. The molecule has 280 valence electrons. The quantitative estimate of drug-likeness (QED) is 0.0668. The van der Waals surface area contributed by atoms with Crippen molar-refractivity contribution in [3.05, 3.63) is 119 Å². The van der Waals surface area contributed by atoms with Crippen LogP contribution in [0.2, 0.25) is 0 Å². The van der Waals surface area contributed by atoms with E-state index in [1.165, 1.54) is 97.1 Å². The molecule has 0 aliphatic rings. The van der Waals surface area contributed by atoms with Gasteiger partial charge in [0.05, 0.1) is 59.5 Å².